The lowest BCUT2D eigenvalue weighted by Gasteiger charge is -2.29. The summed E-state index contributed by atoms with van der Waals surface area (Å²) in [6.45, 7) is 1.01. The number of carbonyl (C=O) groups is 2. The molecule has 11 heteroatoms. The fourth-order valence-corrected chi connectivity index (χ4v) is 5.01. The van der Waals surface area contributed by atoms with E-state index in [4.69, 9.17) is 9.47 Å². The van der Waals surface area contributed by atoms with Crippen molar-refractivity contribution >= 4 is 22.6 Å². The highest BCUT2D eigenvalue weighted by Crippen LogP contribution is 2.33. The molecule has 196 valence electrons. The van der Waals surface area contributed by atoms with Crippen molar-refractivity contribution in [3.05, 3.63) is 83.8 Å². The van der Waals surface area contributed by atoms with Crippen LogP contribution in [0.15, 0.2) is 61.3 Å². The minimum atomic E-state index is -0.625. The molecule has 5 aromatic rings. The van der Waals surface area contributed by atoms with E-state index in [2.05, 4.69) is 25.0 Å². The number of ether oxygens (including phenoxy) is 2. The second kappa shape index (κ2) is 10.1. The summed E-state index contributed by atoms with van der Waals surface area (Å²) >= 11 is 0. The fourth-order valence-electron chi connectivity index (χ4n) is 5.01. The number of benzene rings is 1. The van der Waals surface area contributed by atoms with Gasteiger partial charge in [-0.25, -0.2) is 14.6 Å². The molecule has 0 spiro atoms. The molecule has 0 unspecified atom stereocenters. The normalized spacial score (nSPS) is 12.9. The number of nitrogens with one attached hydrogen (secondary N) is 1. The van der Waals surface area contributed by atoms with Crippen molar-refractivity contribution in [3.8, 4) is 22.8 Å². The molecule has 39 heavy (non-hydrogen) atoms. The SMILES string of the molecule is COCc1ncn(-c2ncc(OC)c3c(C(=O)C(=O)N4CCc5c(cccc5-c5ccccn5)C4)c[nH]c23)n1. The number of carbonyl (C=O) groups excluding carboxylic acids is 2. The Balaban J connectivity index is 1.31. The van der Waals surface area contributed by atoms with Gasteiger partial charge in [-0.1, -0.05) is 24.3 Å². The third-order valence-electron chi connectivity index (χ3n) is 6.84. The maximum absolute atomic E-state index is 13.6. The Morgan fingerprint density at radius 1 is 1.08 bits per heavy atom. The predicted octanol–water partition coefficient (Wildman–Crippen LogP) is 3.13. The largest absolute Gasteiger partial charge is 0.494 e. The Morgan fingerprint density at radius 3 is 2.77 bits per heavy atom. The van der Waals surface area contributed by atoms with E-state index in [0.29, 0.717) is 47.8 Å². The van der Waals surface area contributed by atoms with Crippen molar-refractivity contribution in [1.82, 2.24) is 34.6 Å². The van der Waals surface area contributed by atoms with Gasteiger partial charge in [0.25, 0.3) is 11.7 Å². The Morgan fingerprint density at radius 2 is 1.97 bits per heavy atom. The van der Waals surface area contributed by atoms with Gasteiger partial charge >= 0.3 is 0 Å². The Labute approximate surface area is 223 Å². The molecule has 0 atom stereocenters. The summed E-state index contributed by atoms with van der Waals surface area (Å²) in [7, 11) is 3.05. The van der Waals surface area contributed by atoms with Crippen LogP contribution in [0.1, 0.15) is 27.3 Å². The Hall–Kier alpha value is -4.90. The molecule has 0 saturated heterocycles. The van der Waals surface area contributed by atoms with Gasteiger partial charge < -0.3 is 19.4 Å². The van der Waals surface area contributed by atoms with Crippen molar-refractivity contribution in [2.24, 2.45) is 0 Å². The van der Waals surface area contributed by atoms with Crippen LogP contribution in [0.4, 0.5) is 0 Å². The first-order valence-electron chi connectivity index (χ1n) is 12.4. The molecule has 5 heterocycles. The van der Waals surface area contributed by atoms with Gasteiger partial charge in [-0.15, -0.1) is 5.10 Å². The summed E-state index contributed by atoms with van der Waals surface area (Å²) in [4.78, 5) is 44.9. The fraction of sp³-hybridized carbons (Fsp3) is 0.214. The first kappa shape index (κ1) is 24.4. The van der Waals surface area contributed by atoms with E-state index in [1.54, 1.807) is 18.2 Å². The number of aromatic nitrogens is 6. The molecule has 1 aromatic carbocycles. The third kappa shape index (κ3) is 4.32. The summed E-state index contributed by atoms with van der Waals surface area (Å²) in [5, 5.41) is 4.84. The quantitative estimate of drug-likeness (QED) is 0.255. The topological polar surface area (TPSA) is 128 Å². The standard InChI is InChI=1S/C28H25N7O4/c1-38-15-23-32-16-35(33-23)27-25-24(22(39-2)13-31-27)20(12-30-25)26(36)28(37)34-11-9-18-17(14-34)6-5-7-19(18)21-8-3-4-10-29-21/h3-8,10,12-13,16,30H,9,11,14-15H2,1-2H3. The van der Waals surface area contributed by atoms with Crippen molar-refractivity contribution < 1.29 is 19.1 Å². The molecule has 1 aliphatic rings. The lowest BCUT2D eigenvalue weighted by atomic mass is 9.92. The molecule has 0 bridgehead atoms. The highest BCUT2D eigenvalue weighted by molar-refractivity contribution is 6.45. The molecule has 1 N–H and O–H groups in total. The number of hydrogen-bond acceptors (Lipinski definition) is 8. The molecule has 0 fully saturated rings. The van der Waals surface area contributed by atoms with Crippen LogP contribution in [0, 0.1) is 0 Å². The number of hydrogen-bond donors (Lipinski definition) is 1. The average molecular weight is 524 g/mol. The third-order valence-corrected chi connectivity index (χ3v) is 6.84. The van der Waals surface area contributed by atoms with Crippen LogP contribution in [0.25, 0.3) is 28.0 Å². The Kier molecular flexibility index (Phi) is 6.33. The van der Waals surface area contributed by atoms with Crippen LogP contribution >= 0.6 is 0 Å². The molecule has 0 radical (unpaired) electrons. The summed E-state index contributed by atoms with van der Waals surface area (Å²) in [6, 6.07) is 11.8. The predicted molar refractivity (Wildman–Crippen MR) is 141 cm³/mol. The molecule has 0 aliphatic carbocycles. The first-order valence-corrected chi connectivity index (χ1v) is 12.4. The number of H-pyrrole nitrogens is 1. The molecule has 1 amide bonds. The van der Waals surface area contributed by atoms with Gasteiger partial charge in [-0.2, -0.15) is 0 Å². The van der Waals surface area contributed by atoms with Gasteiger partial charge in [0.15, 0.2) is 11.6 Å². The van der Waals surface area contributed by atoms with Crippen molar-refractivity contribution in [3.63, 3.8) is 0 Å². The zero-order valence-electron chi connectivity index (χ0n) is 21.4. The van der Waals surface area contributed by atoms with E-state index in [1.807, 2.05) is 36.4 Å². The number of pyridine rings is 2. The monoisotopic (exact) mass is 523 g/mol. The number of rotatable bonds is 7. The summed E-state index contributed by atoms with van der Waals surface area (Å²) in [5.41, 5.74) is 4.81. The molecule has 11 nitrogen and oxygen atoms in total. The number of amides is 1. The van der Waals surface area contributed by atoms with E-state index in [1.165, 1.54) is 30.5 Å². The second-order valence-electron chi connectivity index (χ2n) is 9.10. The van der Waals surface area contributed by atoms with Crippen LogP contribution in [-0.2, 0) is 29.1 Å². The zero-order valence-corrected chi connectivity index (χ0v) is 21.4. The average Bonchev–Trinajstić information content (AvgIpc) is 3.64. The van der Waals surface area contributed by atoms with E-state index in [-0.39, 0.29) is 12.2 Å². The molecule has 4 aromatic heterocycles. The number of ketones is 1. The van der Waals surface area contributed by atoms with Crippen molar-refractivity contribution in [2.75, 3.05) is 20.8 Å². The van der Waals surface area contributed by atoms with Gasteiger partial charge in [-0.3, -0.25) is 14.6 Å². The van der Waals surface area contributed by atoms with Crippen LogP contribution in [0.2, 0.25) is 0 Å². The lowest BCUT2D eigenvalue weighted by Crippen LogP contribution is -2.40. The number of nitrogens with zero attached hydrogens (tertiary/aromatic N) is 6. The number of fused-ring (bicyclic) bond motifs is 2. The van der Waals surface area contributed by atoms with E-state index >= 15 is 0 Å². The lowest BCUT2D eigenvalue weighted by molar-refractivity contribution is -0.127. The van der Waals surface area contributed by atoms with E-state index in [9.17, 15) is 9.59 Å². The van der Waals surface area contributed by atoms with Crippen LogP contribution in [0.3, 0.4) is 0 Å². The first-order chi connectivity index (χ1) is 19.1. The highest BCUT2D eigenvalue weighted by Gasteiger charge is 2.31. The van der Waals surface area contributed by atoms with Crippen LogP contribution < -0.4 is 4.74 Å². The van der Waals surface area contributed by atoms with Gasteiger partial charge in [-0.05, 0) is 29.7 Å². The zero-order chi connectivity index (χ0) is 26.9. The minimum Gasteiger partial charge on any atom is -0.494 e. The van der Waals surface area contributed by atoms with Gasteiger partial charge in [0.1, 0.15) is 18.7 Å². The maximum Gasteiger partial charge on any atom is 0.295 e. The van der Waals surface area contributed by atoms with Crippen molar-refractivity contribution in [2.45, 2.75) is 19.6 Å². The minimum absolute atomic E-state index is 0.209. The van der Waals surface area contributed by atoms with Crippen LogP contribution in [-0.4, -0.2) is 67.1 Å². The van der Waals surface area contributed by atoms with Crippen molar-refractivity contribution in [1.29, 1.82) is 0 Å². The van der Waals surface area contributed by atoms with E-state index in [0.717, 1.165) is 22.4 Å². The van der Waals surface area contributed by atoms with Gasteiger partial charge in [0.05, 0.1) is 35.5 Å². The van der Waals surface area contributed by atoms with Gasteiger partial charge in [0, 0.05) is 38.2 Å². The number of methoxy groups -OCH3 is 2. The molecule has 0 saturated carbocycles. The number of Topliss-reactive ketones (excluding diaryl/α,β-unsaturated/α-hetero) is 1. The maximum atomic E-state index is 13.6. The molecule has 6 rings (SSSR count). The molecular weight excluding hydrogens is 498 g/mol. The molecular formula is C28H25N7O4. The number of aromatic amines is 1. The Bertz CT molecular complexity index is 1690. The van der Waals surface area contributed by atoms with Gasteiger partial charge in [0.2, 0.25) is 0 Å². The van der Waals surface area contributed by atoms with E-state index < -0.39 is 11.7 Å². The highest BCUT2D eigenvalue weighted by atomic mass is 16.5. The second-order valence-corrected chi connectivity index (χ2v) is 9.10. The summed E-state index contributed by atoms with van der Waals surface area (Å²) in [5.74, 6) is 0.0689. The van der Waals surface area contributed by atoms with Crippen LogP contribution in [0.5, 0.6) is 5.75 Å². The molecule has 1 aliphatic heterocycles. The smallest absolute Gasteiger partial charge is 0.295 e. The summed E-state index contributed by atoms with van der Waals surface area (Å²) in [6.07, 6.45) is 6.93. The summed E-state index contributed by atoms with van der Waals surface area (Å²) < 4.78 is 12.1.